The molecule has 0 aliphatic carbocycles. The van der Waals surface area contributed by atoms with Crippen LogP contribution in [0.25, 0.3) is 0 Å². The lowest BCUT2D eigenvalue weighted by atomic mass is 10.0. The Hall–Kier alpha value is -0.770. The lowest BCUT2D eigenvalue weighted by Crippen LogP contribution is -2.37. The van der Waals surface area contributed by atoms with E-state index in [1.165, 1.54) is 0 Å². The maximum atomic E-state index is 9.44. The minimum Gasteiger partial charge on any atom is -0.508 e. The molecule has 0 aliphatic heterocycles. The van der Waals surface area contributed by atoms with E-state index in [2.05, 4.69) is 0 Å². The highest BCUT2D eigenvalue weighted by molar-refractivity contribution is 6.18. The molecule has 0 bridgehead atoms. The Morgan fingerprint density at radius 1 is 1.36 bits per heavy atom. The number of nitrogens with two attached hydrogens (primary N) is 1. The molecule has 1 aromatic rings. The van der Waals surface area contributed by atoms with E-state index >= 15 is 0 Å². The molecule has 0 spiro atoms. The number of rotatable bonds is 4. The zero-order valence-electron chi connectivity index (χ0n) is 7.73. The second-order valence-corrected chi connectivity index (χ2v) is 3.53. The molecular formula is C10H14ClNO2. The second kappa shape index (κ2) is 5.20. The number of phenolic OH excluding ortho intramolecular Hbond substituents is 1. The van der Waals surface area contributed by atoms with E-state index in [-0.39, 0.29) is 11.6 Å². The van der Waals surface area contributed by atoms with Crippen molar-refractivity contribution in [2.45, 2.75) is 18.6 Å². The van der Waals surface area contributed by atoms with E-state index in [1.54, 1.807) is 18.2 Å². The molecule has 0 aliphatic rings. The minimum absolute atomic E-state index is 0.106. The first-order valence-electron chi connectivity index (χ1n) is 4.41. The van der Waals surface area contributed by atoms with Crippen LogP contribution in [0.1, 0.15) is 5.56 Å². The molecule has 1 aromatic carbocycles. The van der Waals surface area contributed by atoms with Crippen molar-refractivity contribution in [2.75, 3.05) is 5.88 Å². The van der Waals surface area contributed by atoms with Gasteiger partial charge in [0, 0.05) is 11.9 Å². The Balaban J connectivity index is 2.64. The molecule has 0 amide bonds. The third kappa shape index (κ3) is 2.87. The maximum absolute atomic E-state index is 9.44. The number of aliphatic hydroxyl groups excluding tert-OH is 1. The Bertz CT molecular complexity index is 293. The van der Waals surface area contributed by atoms with Gasteiger partial charge in [-0.25, -0.2) is 0 Å². The predicted molar refractivity (Wildman–Crippen MR) is 56.5 cm³/mol. The molecule has 14 heavy (non-hydrogen) atoms. The van der Waals surface area contributed by atoms with E-state index in [9.17, 15) is 10.2 Å². The number of para-hydroxylation sites is 1. The molecule has 78 valence electrons. The van der Waals surface area contributed by atoms with Crippen molar-refractivity contribution in [1.82, 2.24) is 0 Å². The molecule has 0 saturated carbocycles. The van der Waals surface area contributed by atoms with Crippen LogP contribution in [0.2, 0.25) is 0 Å². The average molecular weight is 216 g/mol. The predicted octanol–water partition coefficient (Wildman–Crippen LogP) is 0.862. The zero-order chi connectivity index (χ0) is 10.6. The normalized spacial score (nSPS) is 15.1. The Kier molecular flexibility index (Phi) is 4.20. The van der Waals surface area contributed by atoms with Gasteiger partial charge < -0.3 is 15.9 Å². The van der Waals surface area contributed by atoms with Crippen molar-refractivity contribution in [2.24, 2.45) is 5.73 Å². The Labute approximate surface area is 88.1 Å². The van der Waals surface area contributed by atoms with E-state index in [1.807, 2.05) is 6.07 Å². The Morgan fingerprint density at radius 2 is 2.00 bits per heavy atom. The number of halogens is 1. The summed E-state index contributed by atoms with van der Waals surface area (Å²) in [6.45, 7) is 0. The van der Waals surface area contributed by atoms with E-state index in [0.29, 0.717) is 6.42 Å². The molecule has 0 heterocycles. The van der Waals surface area contributed by atoms with Crippen LogP contribution in [0.3, 0.4) is 0 Å². The monoisotopic (exact) mass is 215 g/mol. The molecular weight excluding hydrogens is 202 g/mol. The smallest absolute Gasteiger partial charge is 0.118 e. The highest BCUT2D eigenvalue weighted by atomic mass is 35.5. The third-order valence-electron chi connectivity index (χ3n) is 2.10. The van der Waals surface area contributed by atoms with Crippen LogP contribution >= 0.6 is 11.6 Å². The van der Waals surface area contributed by atoms with Crippen LogP contribution in [-0.2, 0) is 6.42 Å². The summed E-state index contributed by atoms with van der Waals surface area (Å²) in [6.07, 6.45) is -0.322. The quantitative estimate of drug-likeness (QED) is 0.653. The first-order valence-corrected chi connectivity index (χ1v) is 4.95. The van der Waals surface area contributed by atoms with E-state index in [4.69, 9.17) is 17.3 Å². The number of benzene rings is 1. The number of phenols is 1. The van der Waals surface area contributed by atoms with E-state index in [0.717, 1.165) is 5.56 Å². The topological polar surface area (TPSA) is 66.5 Å². The molecule has 0 saturated heterocycles. The van der Waals surface area contributed by atoms with Gasteiger partial charge in [0.2, 0.25) is 0 Å². The SMILES string of the molecule is NC(Cc1ccccc1O)C(O)CCl. The van der Waals surface area contributed by atoms with Crippen LogP contribution < -0.4 is 5.73 Å². The molecule has 3 nitrogen and oxygen atoms in total. The van der Waals surface area contributed by atoms with Gasteiger partial charge in [-0.05, 0) is 18.1 Å². The first kappa shape index (κ1) is 11.3. The fraction of sp³-hybridized carbons (Fsp3) is 0.400. The van der Waals surface area contributed by atoms with Crippen molar-refractivity contribution in [1.29, 1.82) is 0 Å². The van der Waals surface area contributed by atoms with Gasteiger partial charge in [0.25, 0.3) is 0 Å². The van der Waals surface area contributed by atoms with Crippen LogP contribution in [0, 0.1) is 0 Å². The fourth-order valence-electron chi connectivity index (χ4n) is 1.19. The van der Waals surface area contributed by atoms with Gasteiger partial charge in [-0.3, -0.25) is 0 Å². The summed E-state index contributed by atoms with van der Waals surface area (Å²) in [7, 11) is 0. The molecule has 1 rings (SSSR count). The first-order chi connectivity index (χ1) is 6.65. The zero-order valence-corrected chi connectivity index (χ0v) is 8.48. The second-order valence-electron chi connectivity index (χ2n) is 3.22. The lowest BCUT2D eigenvalue weighted by molar-refractivity contribution is 0.166. The number of aliphatic hydroxyl groups is 1. The fourth-order valence-corrected chi connectivity index (χ4v) is 1.42. The summed E-state index contributed by atoms with van der Waals surface area (Å²) in [5.74, 6) is 0.305. The van der Waals surface area contributed by atoms with Gasteiger partial charge >= 0.3 is 0 Å². The average Bonchev–Trinajstić information content (AvgIpc) is 2.20. The van der Waals surface area contributed by atoms with Gasteiger partial charge in [0.05, 0.1) is 6.10 Å². The highest BCUT2D eigenvalue weighted by Crippen LogP contribution is 2.17. The summed E-state index contributed by atoms with van der Waals surface area (Å²) in [4.78, 5) is 0. The van der Waals surface area contributed by atoms with Gasteiger partial charge in [-0.1, -0.05) is 18.2 Å². The molecule has 0 fully saturated rings. The molecule has 4 heteroatoms. The van der Waals surface area contributed by atoms with Gasteiger partial charge in [0.1, 0.15) is 5.75 Å². The molecule has 2 atom stereocenters. The number of hydrogen-bond donors (Lipinski definition) is 3. The number of hydrogen-bond acceptors (Lipinski definition) is 3. The van der Waals surface area contributed by atoms with Crippen LogP contribution in [0.4, 0.5) is 0 Å². The van der Waals surface area contributed by atoms with Gasteiger partial charge in [0.15, 0.2) is 0 Å². The number of alkyl halides is 1. The summed E-state index contributed by atoms with van der Waals surface area (Å²) in [5, 5.41) is 18.8. The summed E-state index contributed by atoms with van der Waals surface area (Å²) < 4.78 is 0. The molecule has 0 aromatic heterocycles. The van der Waals surface area contributed by atoms with Crippen LogP contribution in [0.15, 0.2) is 24.3 Å². The van der Waals surface area contributed by atoms with Crippen molar-refractivity contribution in [3.8, 4) is 5.75 Å². The van der Waals surface area contributed by atoms with Crippen LogP contribution in [-0.4, -0.2) is 28.2 Å². The Morgan fingerprint density at radius 3 is 2.57 bits per heavy atom. The molecule has 4 N–H and O–H groups in total. The van der Waals surface area contributed by atoms with Crippen molar-refractivity contribution >= 4 is 11.6 Å². The van der Waals surface area contributed by atoms with E-state index < -0.39 is 12.1 Å². The summed E-state index contributed by atoms with van der Waals surface area (Å²) in [5.41, 5.74) is 6.41. The highest BCUT2D eigenvalue weighted by Gasteiger charge is 2.15. The minimum atomic E-state index is -0.740. The lowest BCUT2D eigenvalue weighted by Gasteiger charge is -2.16. The maximum Gasteiger partial charge on any atom is 0.118 e. The van der Waals surface area contributed by atoms with Crippen molar-refractivity contribution < 1.29 is 10.2 Å². The van der Waals surface area contributed by atoms with Gasteiger partial charge in [-0.2, -0.15) is 0 Å². The number of aromatic hydroxyl groups is 1. The van der Waals surface area contributed by atoms with Crippen molar-refractivity contribution in [3.63, 3.8) is 0 Å². The largest absolute Gasteiger partial charge is 0.508 e. The molecule has 2 unspecified atom stereocenters. The molecule has 0 radical (unpaired) electrons. The van der Waals surface area contributed by atoms with Crippen LogP contribution in [0.5, 0.6) is 5.75 Å². The van der Waals surface area contributed by atoms with Crippen molar-refractivity contribution in [3.05, 3.63) is 29.8 Å². The van der Waals surface area contributed by atoms with Gasteiger partial charge in [-0.15, -0.1) is 11.6 Å². The standard InChI is InChI=1S/C10H14ClNO2/c11-6-10(14)8(12)5-7-3-1-2-4-9(7)13/h1-4,8,10,13-14H,5-6,12H2. The third-order valence-corrected chi connectivity index (χ3v) is 2.42. The summed E-state index contributed by atoms with van der Waals surface area (Å²) in [6, 6.07) is 6.48. The summed E-state index contributed by atoms with van der Waals surface area (Å²) >= 11 is 5.46.